The van der Waals surface area contributed by atoms with E-state index in [0.29, 0.717) is 17.7 Å². The Kier molecular flexibility index (Phi) is 4.10. The monoisotopic (exact) mass is 390 g/mol. The molecule has 0 bridgehead atoms. The minimum Gasteiger partial charge on any atom is -0.497 e. The molecule has 0 aliphatic carbocycles. The van der Waals surface area contributed by atoms with Crippen molar-refractivity contribution in [2.24, 2.45) is 0 Å². The first kappa shape index (κ1) is 17.8. The van der Waals surface area contributed by atoms with Gasteiger partial charge in [0.05, 0.1) is 12.6 Å². The summed E-state index contributed by atoms with van der Waals surface area (Å²) in [7, 11) is 5.66. The van der Waals surface area contributed by atoms with Gasteiger partial charge in [0.1, 0.15) is 5.75 Å². The highest BCUT2D eigenvalue weighted by molar-refractivity contribution is 6.16. The highest BCUT2D eigenvalue weighted by Crippen LogP contribution is 2.39. The zero-order valence-electron chi connectivity index (χ0n) is 16.7. The molecule has 4 aromatic rings. The van der Waals surface area contributed by atoms with Crippen LogP contribution >= 0.6 is 0 Å². The third kappa shape index (κ3) is 2.79. The van der Waals surface area contributed by atoms with Crippen molar-refractivity contribution < 1.29 is 14.2 Å². The van der Waals surface area contributed by atoms with Crippen LogP contribution in [0.25, 0.3) is 32.4 Å². The van der Waals surface area contributed by atoms with Crippen LogP contribution in [0.3, 0.4) is 0 Å². The fraction of sp³-hybridized carbons (Fsp3) is 0.261. The largest absolute Gasteiger partial charge is 0.497 e. The topological polar surface area (TPSA) is 52.9 Å². The van der Waals surface area contributed by atoms with Crippen LogP contribution in [0, 0.1) is 0 Å². The third-order valence-corrected chi connectivity index (χ3v) is 5.52. The van der Waals surface area contributed by atoms with Gasteiger partial charge in [-0.3, -0.25) is 4.79 Å². The Labute approximate surface area is 167 Å². The first-order valence-electron chi connectivity index (χ1n) is 9.58. The summed E-state index contributed by atoms with van der Waals surface area (Å²) in [6.45, 7) is 1.58. The summed E-state index contributed by atoms with van der Waals surface area (Å²) < 4.78 is 18.4. The summed E-state index contributed by atoms with van der Waals surface area (Å²) in [6.07, 6.45) is 0. The van der Waals surface area contributed by atoms with Gasteiger partial charge in [-0.1, -0.05) is 12.1 Å². The van der Waals surface area contributed by atoms with Gasteiger partial charge in [0.15, 0.2) is 11.5 Å². The lowest BCUT2D eigenvalue weighted by atomic mass is 10.00. The van der Waals surface area contributed by atoms with E-state index in [1.165, 1.54) is 0 Å². The Balaban J connectivity index is 1.94. The van der Waals surface area contributed by atoms with E-state index in [1.807, 2.05) is 49.0 Å². The molecule has 3 aromatic carbocycles. The van der Waals surface area contributed by atoms with Crippen LogP contribution in [0.5, 0.6) is 17.2 Å². The fourth-order valence-electron chi connectivity index (χ4n) is 4.03. The lowest BCUT2D eigenvalue weighted by Gasteiger charge is -2.18. The van der Waals surface area contributed by atoms with Crippen molar-refractivity contribution in [3.63, 3.8) is 0 Å². The van der Waals surface area contributed by atoms with E-state index < -0.39 is 0 Å². The summed E-state index contributed by atoms with van der Waals surface area (Å²) in [5.74, 6) is 2.18. The molecule has 0 spiro atoms. The van der Waals surface area contributed by atoms with Crippen LogP contribution in [0.4, 0.5) is 0 Å². The van der Waals surface area contributed by atoms with E-state index in [2.05, 4.69) is 17.0 Å². The first-order chi connectivity index (χ1) is 14.1. The summed E-state index contributed by atoms with van der Waals surface area (Å²) in [6, 6.07) is 13.7. The van der Waals surface area contributed by atoms with E-state index >= 15 is 0 Å². The predicted molar refractivity (Wildman–Crippen MR) is 114 cm³/mol. The summed E-state index contributed by atoms with van der Waals surface area (Å²) in [5, 5.41) is 4.60. The van der Waals surface area contributed by atoms with Gasteiger partial charge in [-0.25, -0.2) is 0 Å². The predicted octanol–water partition coefficient (Wildman–Crippen LogP) is 3.61. The Morgan fingerprint density at radius 2 is 1.72 bits per heavy atom. The lowest BCUT2D eigenvalue weighted by molar-refractivity contribution is 0.174. The van der Waals surface area contributed by atoms with Crippen LogP contribution in [0.1, 0.15) is 0 Å². The average molecular weight is 390 g/mol. The van der Waals surface area contributed by atoms with Gasteiger partial charge in [0.25, 0.3) is 5.56 Å². The zero-order chi connectivity index (χ0) is 20.1. The normalized spacial score (nSPS) is 13.1. The maximum absolute atomic E-state index is 13.5. The summed E-state index contributed by atoms with van der Waals surface area (Å²) in [5.41, 5.74) is 0.913. The minimum absolute atomic E-state index is 0.00201. The second-order valence-corrected chi connectivity index (χ2v) is 7.56. The van der Waals surface area contributed by atoms with Crippen molar-refractivity contribution in [3.8, 4) is 17.2 Å². The SMILES string of the molecule is COc1ccc2c(=O)n(CCN(C)C)c3c4cc5c(cc4ccc3c2c1)OCO5. The minimum atomic E-state index is 0.00201. The van der Waals surface area contributed by atoms with E-state index in [4.69, 9.17) is 14.2 Å². The molecule has 0 radical (unpaired) electrons. The number of hydrogen-bond donors (Lipinski definition) is 0. The highest BCUT2D eigenvalue weighted by atomic mass is 16.7. The lowest BCUT2D eigenvalue weighted by Crippen LogP contribution is -2.27. The molecular weight excluding hydrogens is 368 g/mol. The van der Waals surface area contributed by atoms with E-state index in [-0.39, 0.29) is 12.4 Å². The van der Waals surface area contributed by atoms with Gasteiger partial charge < -0.3 is 23.7 Å². The Morgan fingerprint density at radius 1 is 0.966 bits per heavy atom. The average Bonchev–Trinajstić information content (AvgIpc) is 3.18. The smallest absolute Gasteiger partial charge is 0.258 e. The second-order valence-electron chi connectivity index (χ2n) is 7.56. The van der Waals surface area contributed by atoms with Crippen LogP contribution in [-0.4, -0.2) is 44.0 Å². The molecule has 0 fully saturated rings. The van der Waals surface area contributed by atoms with Gasteiger partial charge >= 0.3 is 0 Å². The number of nitrogens with zero attached hydrogens (tertiary/aromatic N) is 2. The van der Waals surface area contributed by atoms with Crippen molar-refractivity contribution in [3.05, 3.63) is 52.8 Å². The summed E-state index contributed by atoms with van der Waals surface area (Å²) in [4.78, 5) is 15.6. The maximum Gasteiger partial charge on any atom is 0.258 e. The van der Waals surface area contributed by atoms with Crippen molar-refractivity contribution in [2.75, 3.05) is 34.5 Å². The van der Waals surface area contributed by atoms with Gasteiger partial charge in [-0.05, 0) is 49.8 Å². The number of methoxy groups -OCH3 is 1. The number of hydrogen-bond acceptors (Lipinski definition) is 5. The Bertz CT molecular complexity index is 1320. The number of rotatable bonds is 4. The van der Waals surface area contributed by atoms with Crippen molar-refractivity contribution in [1.29, 1.82) is 0 Å². The van der Waals surface area contributed by atoms with E-state index in [1.54, 1.807) is 7.11 Å². The molecule has 0 atom stereocenters. The van der Waals surface area contributed by atoms with Crippen molar-refractivity contribution in [1.82, 2.24) is 9.47 Å². The highest BCUT2D eigenvalue weighted by Gasteiger charge is 2.19. The molecule has 0 unspecified atom stereocenters. The quantitative estimate of drug-likeness (QED) is 0.499. The number of fused-ring (bicyclic) bond motifs is 6. The van der Waals surface area contributed by atoms with Gasteiger partial charge in [-0.2, -0.15) is 0 Å². The van der Waals surface area contributed by atoms with E-state index in [0.717, 1.165) is 45.1 Å². The van der Waals surface area contributed by atoms with Crippen molar-refractivity contribution in [2.45, 2.75) is 6.54 Å². The van der Waals surface area contributed by atoms with Crippen LogP contribution in [0.2, 0.25) is 0 Å². The van der Waals surface area contributed by atoms with Gasteiger partial charge in [-0.15, -0.1) is 0 Å². The second kappa shape index (κ2) is 6.67. The zero-order valence-corrected chi connectivity index (χ0v) is 16.7. The molecule has 0 amide bonds. The molecule has 29 heavy (non-hydrogen) atoms. The molecule has 0 N–H and O–H groups in total. The first-order valence-corrected chi connectivity index (χ1v) is 9.58. The molecule has 2 heterocycles. The Hall–Kier alpha value is -3.25. The molecule has 0 saturated carbocycles. The molecule has 148 valence electrons. The third-order valence-electron chi connectivity index (χ3n) is 5.52. The molecule has 6 heteroatoms. The maximum atomic E-state index is 13.5. The molecule has 5 rings (SSSR count). The van der Waals surface area contributed by atoms with Gasteiger partial charge in [0.2, 0.25) is 6.79 Å². The van der Waals surface area contributed by atoms with Crippen LogP contribution in [-0.2, 0) is 6.54 Å². The molecule has 6 nitrogen and oxygen atoms in total. The number of aromatic nitrogens is 1. The Morgan fingerprint density at radius 3 is 2.48 bits per heavy atom. The fourth-order valence-corrected chi connectivity index (χ4v) is 4.03. The molecular formula is C23H22N2O4. The van der Waals surface area contributed by atoms with Crippen LogP contribution < -0.4 is 19.8 Å². The molecule has 1 aromatic heterocycles. The molecule has 1 aliphatic heterocycles. The van der Waals surface area contributed by atoms with Crippen molar-refractivity contribution >= 4 is 32.4 Å². The number of pyridine rings is 1. The van der Waals surface area contributed by atoms with Crippen LogP contribution in [0.15, 0.2) is 47.3 Å². The van der Waals surface area contributed by atoms with Gasteiger partial charge in [0, 0.05) is 34.6 Å². The number of likely N-dealkylation sites (N-methyl/N-ethyl adjacent to an activating group) is 1. The number of ether oxygens (including phenoxy) is 3. The van der Waals surface area contributed by atoms with E-state index in [9.17, 15) is 4.79 Å². The molecule has 0 saturated heterocycles. The standard InChI is InChI=1S/C23H22N2O4/c1-24(2)8-9-25-22-16(19-11-15(27-3)5-7-17(19)23(25)26)6-4-14-10-20-21(12-18(14)22)29-13-28-20/h4-7,10-12H,8-9,13H2,1-3H3. The number of benzene rings is 3. The molecule has 1 aliphatic rings. The summed E-state index contributed by atoms with van der Waals surface area (Å²) >= 11 is 0.